The molecule has 2 nitrogen and oxygen atoms in total. The molecule has 0 unspecified atom stereocenters. The summed E-state index contributed by atoms with van der Waals surface area (Å²) in [6, 6.07) is 3.33. The standard InChI is InChI=1S/C11H12F3NO/c1-7-4-8(10(16)15(2)3)6-9(5-7)11(12,13)14/h4-6H,1-3H3. The Balaban J connectivity index is 3.24. The van der Waals surface area contributed by atoms with E-state index in [9.17, 15) is 18.0 Å². The number of alkyl halides is 3. The summed E-state index contributed by atoms with van der Waals surface area (Å²) >= 11 is 0. The van der Waals surface area contributed by atoms with Crippen molar-refractivity contribution >= 4 is 5.91 Å². The van der Waals surface area contributed by atoms with Crippen LogP contribution in [-0.4, -0.2) is 24.9 Å². The molecule has 0 fully saturated rings. The molecule has 0 saturated carbocycles. The fraction of sp³-hybridized carbons (Fsp3) is 0.364. The third-order valence-corrected chi connectivity index (χ3v) is 2.06. The molecule has 88 valence electrons. The minimum absolute atomic E-state index is 0.0531. The van der Waals surface area contributed by atoms with Gasteiger partial charge in [0.25, 0.3) is 5.91 Å². The van der Waals surface area contributed by atoms with Gasteiger partial charge in [0, 0.05) is 19.7 Å². The number of nitrogens with zero attached hydrogens (tertiary/aromatic N) is 1. The molecule has 5 heteroatoms. The van der Waals surface area contributed by atoms with Crippen LogP contribution in [0.1, 0.15) is 21.5 Å². The van der Waals surface area contributed by atoms with E-state index >= 15 is 0 Å². The maximum Gasteiger partial charge on any atom is 0.416 e. The molecular weight excluding hydrogens is 219 g/mol. The summed E-state index contributed by atoms with van der Waals surface area (Å²) in [6.45, 7) is 1.53. The lowest BCUT2D eigenvalue weighted by atomic mass is 10.1. The van der Waals surface area contributed by atoms with Crippen molar-refractivity contribution in [3.63, 3.8) is 0 Å². The third-order valence-electron chi connectivity index (χ3n) is 2.06. The van der Waals surface area contributed by atoms with E-state index in [1.165, 1.54) is 32.0 Å². The number of aryl methyl sites for hydroxylation is 1. The smallest absolute Gasteiger partial charge is 0.345 e. The number of carbonyl (C=O) groups excluding carboxylic acids is 1. The molecule has 0 aromatic heterocycles. The van der Waals surface area contributed by atoms with Crippen LogP contribution >= 0.6 is 0 Å². The first-order valence-electron chi connectivity index (χ1n) is 4.62. The Kier molecular flexibility index (Phi) is 3.26. The van der Waals surface area contributed by atoms with Crippen LogP contribution in [0.25, 0.3) is 0 Å². The van der Waals surface area contributed by atoms with Crippen LogP contribution < -0.4 is 0 Å². The van der Waals surface area contributed by atoms with Crippen LogP contribution in [-0.2, 0) is 6.18 Å². The van der Waals surface area contributed by atoms with E-state index in [-0.39, 0.29) is 5.56 Å². The minimum atomic E-state index is -4.42. The molecule has 0 bridgehead atoms. The van der Waals surface area contributed by atoms with Crippen molar-refractivity contribution in [2.75, 3.05) is 14.1 Å². The number of hydrogen-bond acceptors (Lipinski definition) is 1. The molecule has 1 aromatic rings. The second-order valence-electron chi connectivity index (χ2n) is 3.79. The molecule has 0 radical (unpaired) electrons. The highest BCUT2D eigenvalue weighted by atomic mass is 19.4. The van der Waals surface area contributed by atoms with Crippen LogP contribution in [0, 0.1) is 6.92 Å². The van der Waals surface area contributed by atoms with Crippen molar-refractivity contribution in [2.24, 2.45) is 0 Å². The zero-order chi connectivity index (χ0) is 12.5. The lowest BCUT2D eigenvalue weighted by Crippen LogP contribution is -2.22. The summed E-state index contributed by atoms with van der Waals surface area (Å²) in [7, 11) is 3.00. The maximum atomic E-state index is 12.5. The van der Waals surface area contributed by atoms with Crippen LogP contribution in [0.4, 0.5) is 13.2 Å². The molecule has 0 aliphatic carbocycles. The molecule has 0 heterocycles. The molecule has 0 atom stereocenters. The van der Waals surface area contributed by atoms with Gasteiger partial charge < -0.3 is 4.90 Å². The van der Waals surface area contributed by atoms with E-state index < -0.39 is 17.6 Å². The van der Waals surface area contributed by atoms with Gasteiger partial charge in [0.1, 0.15) is 0 Å². The van der Waals surface area contributed by atoms with Gasteiger partial charge in [0.15, 0.2) is 0 Å². The predicted octanol–water partition coefficient (Wildman–Crippen LogP) is 2.72. The van der Waals surface area contributed by atoms with E-state index in [1.807, 2.05) is 0 Å². The highest BCUT2D eigenvalue weighted by molar-refractivity contribution is 5.94. The number of amides is 1. The van der Waals surface area contributed by atoms with Crippen molar-refractivity contribution in [1.82, 2.24) is 4.90 Å². The normalized spacial score (nSPS) is 11.4. The van der Waals surface area contributed by atoms with Gasteiger partial charge in [-0.25, -0.2) is 0 Å². The lowest BCUT2D eigenvalue weighted by molar-refractivity contribution is -0.137. The molecule has 0 spiro atoms. The minimum Gasteiger partial charge on any atom is -0.345 e. The molecule has 0 saturated heterocycles. The first-order valence-corrected chi connectivity index (χ1v) is 4.62. The van der Waals surface area contributed by atoms with Crippen LogP contribution in [0.3, 0.4) is 0 Å². The monoisotopic (exact) mass is 231 g/mol. The molecule has 0 aliphatic rings. The predicted molar refractivity (Wildman–Crippen MR) is 54.2 cm³/mol. The van der Waals surface area contributed by atoms with Gasteiger partial charge in [-0.2, -0.15) is 13.2 Å². The van der Waals surface area contributed by atoms with Gasteiger partial charge in [-0.1, -0.05) is 0 Å². The fourth-order valence-corrected chi connectivity index (χ4v) is 1.33. The number of hydrogen-bond donors (Lipinski definition) is 0. The van der Waals surface area contributed by atoms with Gasteiger partial charge >= 0.3 is 6.18 Å². The molecule has 1 amide bonds. The van der Waals surface area contributed by atoms with Gasteiger partial charge in [0.2, 0.25) is 0 Å². The molecule has 16 heavy (non-hydrogen) atoms. The number of benzene rings is 1. The average molecular weight is 231 g/mol. The number of carbonyl (C=O) groups is 1. The third kappa shape index (κ3) is 2.74. The van der Waals surface area contributed by atoms with E-state index in [4.69, 9.17) is 0 Å². The molecular formula is C11H12F3NO. The Morgan fingerprint density at radius 2 is 1.75 bits per heavy atom. The second kappa shape index (κ2) is 4.15. The van der Waals surface area contributed by atoms with E-state index in [0.717, 1.165) is 12.1 Å². The van der Waals surface area contributed by atoms with Crippen LogP contribution in [0.5, 0.6) is 0 Å². The van der Waals surface area contributed by atoms with Crippen LogP contribution in [0.15, 0.2) is 18.2 Å². The molecule has 1 rings (SSSR count). The van der Waals surface area contributed by atoms with Gasteiger partial charge in [-0.3, -0.25) is 4.79 Å². The first-order chi connectivity index (χ1) is 7.21. The summed E-state index contributed by atoms with van der Waals surface area (Å²) < 4.78 is 37.5. The number of halogens is 3. The lowest BCUT2D eigenvalue weighted by Gasteiger charge is -2.13. The maximum absolute atomic E-state index is 12.5. The van der Waals surface area contributed by atoms with Crippen molar-refractivity contribution in [1.29, 1.82) is 0 Å². The second-order valence-corrected chi connectivity index (χ2v) is 3.79. The Bertz CT molecular complexity index is 410. The zero-order valence-electron chi connectivity index (χ0n) is 9.22. The van der Waals surface area contributed by atoms with Gasteiger partial charge in [-0.05, 0) is 30.7 Å². The van der Waals surface area contributed by atoms with E-state index in [2.05, 4.69) is 0 Å². The molecule has 1 aromatic carbocycles. The Hall–Kier alpha value is -1.52. The van der Waals surface area contributed by atoms with Crippen molar-refractivity contribution in [3.05, 3.63) is 34.9 Å². The highest BCUT2D eigenvalue weighted by Gasteiger charge is 2.31. The van der Waals surface area contributed by atoms with Gasteiger partial charge in [-0.15, -0.1) is 0 Å². The fourth-order valence-electron chi connectivity index (χ4n) is 1.33. The zero-order valence-corrected chi connectivity index (χ0v) is 9.22. The summed E-state index contributed by atoms with van der Waals surface area (Å²) in [5.41, 5.74) is -0.324. The summed E-state index contributed by atoms with van der Waals surface area (Å²) in [4.78, 5) is 12.8. The van der Waals surface area contributed by atoms with Crippen LogP contribution in [0.2, 0.25) is 0 Å². The summed E-state index contributed by atoms with van der Waals surface area (Å²) in [5, 5.41) is 0. The summed E-state index contributed by atoms with van der Waals surface area (Å²) in [6.07, 6.45) is -4.42. The largest absolute Gasteiger partial charge is 0.416 e. The van der Waals surface area contributed by atoms with Crippen molar-refractivity contribution in [2.45, 2.75) is 13.1 Å². The highest BCUT2D eigenvalue weighted by Crippen LogP contribution is 2.30. The van der Waals surface area contributed by atoms with E-state index in [0.29, 0.717) is 5.56 Å². The topological polar surface area (TPSA) is 20.3 Å². The Morgan fingerprint density at radius 1 is 1.19 bits per heavy atom. The Labute approximate surface area is 91.7 Å². The molecule has 0 N–H and O–H groups in total. The number of rotatable bonds is 1. The van der Waals surface area contributed by atoms with E-state index in [1.54, 1.807) is 0 Å². The van der Waals surface area contributed by atoms with Gasteiger partial charge in [0.05, 0.1) is 5.56 Å². The summed E-state index contributed by atoms with van der Waals surface area (Å²) in [5.74, 6) is -0.436. The average Bonchev–Trinajstić information content (AvgIpc) is 2.14. The van der Waals surface area contributed by atoms with Crippen molar-refractivity contribution < 1.29 is 18.0 Å². The van der Waals surface area contributed by atoms with Crippen molar-refractivity contribution in [3.8, 4) is 0 Å². The SMILES string of the molecule is Cc1cc(C(=O)N(C)C)cc(C(F)(F)F)c1. The first kappa shape index (κ1) is 12.5. The quantitative estimate of drug-likeness (QED) is 0.727. The molecule has 0 aliphatic heterocycles. The Morgan fingerprint density at radius 3 is 2.19 bits per heavy atom.